The van der Waals surface area contributed by atoms with Crippen LogP contribution in [0.2, 0.25) is 20.1 Å². The molecule has 0 spiro atoms. The molecule has 2 nitrogen and oxygen atoms in total. The molecule has 0 N–H and O–H groups in total. The maximum atomic E-state index is 12.7. The van der Waals surface area contributed by atoms with Gasteiger partial charge in [-0.15, -0.1) is 0 Å². The molecule has 3 aromatic rings. The van der Waals surface area contributed by atoms with Gasteiger partial charge in [0.1, 0.15) is 0 Å². The van der Waals surface area contributed by atoms with Gasteiger partial charge in [0.05, 0.1) is 39.0 Å². The molecule has 6 rings (SSSR count). The van der Waals surface area contributed by atoms with Gasteiger partial charge in [-0.25, -0.2) is 0 Å². The lowest BCUT2D eigenvalue weighted by Gasteiger charge is -2.51. The molecule has 0 radical (unpaired) electrons. The molecule has 6 heteroatoms. The van der Waals surface area contributed by atoms with Crippen molar-refractivity contribution in [3.05, 3.63) is 102 Å². The van der Waals surface area contributed by atoms with Gasteiger partial charge in [0.25, 0.3) is 0 Å². The highest BCUT2D eigenvalue weighted by Gasteiger charge is 2.55. The van der Waals surface area contributed by atoms with Crippen LogP contribution in [0.25, 0.3) is 0 Å². The number of halogens is 4. The summed E-state index contributed by atoms with van der Waals surface area (Å²) < 4.78 is 5.09. The number of esters is 1. The van der Waals surface area contributed by atoms with Crippen molar-refractivity contribution in [1.82, 2.24) is 0 Å². The van der Waals surface area contributed by atoms with Crippen molar-refractivity contribution in [2.45, 2.75) is 17.8 Å². The van der Waals surface area contributed by atoms with E-state index in [1.54, 1.807) is 0 Å². The third kappa shape index (κ3) is 2.35. The molecule has 0 heterocycles. The van der Waals surface area contributed by atoms with E-state index in [0.717, 1.165) is 33.4 Å². The zero-order valence-electron chi connectivity index (χ0n) is 15.2. The monoisotopic (exact) mass is 462 g/mol. The fraction of sp³-hybridized carbons (Fsp3) is 0.174. The first-order valence-electron chi connectivity index (χ1n) is 9.05. The van der Waals surface area contributed by atoms with Gasteiger partial charge in [-0.1, -0.05) is 94.9 Å². The molecular formula is C23H14Cl4O2. The molecule has 0 atom stereocenters. The Morgan fingerprint density at radius 2 is 1.38 bits per heavy atom. The summed E-state index contributed by atoms with van der Waals surface area (Å²) in [6, 6.07) is 16.1. The van der Waals surface area contributed by atoms with Crippen molar-refractivity contribution in [1.29, 1.82) is 0 Å². The molecule has 0 aromatic heterocycles. The van der Waals surface area contributed by atoms with Crippen molar-refractivity contribution in [2.75, 3.05) is 7.11 Å². The first-order valence-corrected chi connectivity index (χ1v) is 10.6. The number of rotatable bonds is 2. The molecule has 0 saturated carbocycles. The lowest BCUT2D eigenvalue weighted by Crippen LogP contribution is -2.44. The molecule has 3 aliphatic carbocycles. The number of carbonyl (C=O) groups is 1. The number of hydrogen-bond acceptors (Lipinski definition) is 2. The Hall–Kier alpha value is -1.71. The average Bonchev–Trinajstić information content (AvgIpc) is 2.75. The van der Waals surface area contributed by atoms with Crippen molar-refractivity contribution in [2.24, 2.45) is 0 Å². The lowest BCUT2D eigenvalue weighted by atomic mass is 9.52. The molecule has 0 saturated heterocycles. The number of methoxy groups -OCH3 is 1. The highest BCUT2D eigenvalue weighted by Crippen LogP contribution is 2.64. The first-order chi connectivity index (χ1) is 13.9. The summed E-state index contributed by atoms with van der Waals surface area (Å²) in [5.74, 6) is -0.490. The fourth-order valence-corrected chi connectivity index (χ4v) is 6.21. The van der Waals surface area contributed by atoms with E-state index in [0.29, 0.717) is 10.0 Å². The van der Waals surface area contributed by atoms with Crippen molar-refractivity contribution in [3.8, 4) is 0 Å². The van der Waals surface area contributed by atoms with E-state index in [-0.39, 0.29) is 28.4 Å². The van der Waals surface area contributed by atoms with Crippen LogP contribution in [0, 0.1) is 0 Å². The van der Waals surface area contributed by atoms with Gasteiger partial charge in [-0.05, 0) is 33.4 Å². The molecule has 146 valence electrons. The number of carbonyl (C=O) groups excluding carboxylic acids is 1. The Labute approximate surface area is 188 Å². The summed E-state index contributed by atoms with van der Waals surface area (Å²) in [5, 5.41) is 1.13. The Morgan fingerprint density at radius 1 is 0.862 bits per heavy atom. The predicted molar refractivity (Wildman–Crippen MR) is 117 cm³/mol. The van der Waals surface area contributed by atoms with Gasteiger partial charge in [0.2, 0.25) is 0 Å². The molecule has 0 aliphatic heterocycles. The summed E-state index contributed by atoms with van der Waals surface area (Å²) in [6.07, 6.45) is 0.0747. The van der Waals surface area contributed by atoms with Gasteiger partial charge in [0.15, 0.2) is 0 Å². The molecule has 3 aliphatic rings. The van der Waals surface area contributed by atoms with E-state index in [1.165, 1.54) is 7.11 Å². The lowest BCUT2D eigenvalue weighted by molar-refractivity contribution is -0.141. The maximum absolute atomic E-state index is 12.7. The first kappa shape index (κ1) is 19.3. The second-order valence-corrected chi connectivity index (χ2v) is 8.82. The van der Waals surface area contributed by atoms with Gasteiger partial charge >= 0.3 is 5.97 Å². The summed E-state index contributed by atoms with van der Waals surface area (Å²) in [5.41, 5.74) is 4.88. The van der Waals surface area contributed by atoms with Crippen LogP contribution in [0.1, 0.15) is 45.7 Å². The smallest absolute Gasteiger partial charge is 0.307 e. The van der Waals surface area contributed by atoms with Crippen LogP contribution < -0.4 is 0 Å². The van der Waals surface area contributed by atoms with Crippen molar-refractivity contribution >= 4 is 52.4 Å². The Balaban J connectivity index is 2.02. The molecule has 3 aromatic carbocycles. The second-order valence-electron chi connectivity index (χ2n) is 7.31. The van der Waals surface area contributed by atoms with E-state index in [2.05, 4.69) is 12.1 Å². The highest BCUT2D eigenvalue weighted by molar-refractivity contribution is 6.52. The zero-order valence-corrected chi connectivity index (χ0v) is 18.3. The van der Waals surface area contributed by atoms with E-state index in [4.69, 9.17) is 51.1 Å². The quantitative estimate of drug-likeness (QED) is 0.232. The van der Waals surface area contributed by atoms with Crippen LogP contribution in [0.5, 0.6) is 0 Å². The van der Waals surface area contributed by atoms with E-state index >= 15 is 0 Å². The number of benzene rings is 3. The van der Waals surface area contributed by atoms with E-state index < -0.39 is 5.41 Å². The van der Waals surface area contributed by atoms with Crippen LogP contribution >= 0.6 is 46.4 Å². The standard InChI is InChI=1S/C23H14Cl4O2/c1-29-15(28)10-23-13-8-4-2-6-11(13)16(12-7-3-5-9-14(12)23)17-18(23)20(25)22(27)21(26)19(17)24/h2-9,16H,10H2,1H3. The van der Waals surface area contributed by atoms with Gasteiger partial charge in [-0.2, -0.15) is 0 Å². The Kier molecular flexibility index (Phi) is 4.42. The van der Waals surface area contributed by atoms with Crippen LogP contribution in [-0.4, -0.2) is 13.1 Å². The Morgan fingerprint density at radius 3 is 1.93 bits per heavy atom. The summed E-state index contributed by atoms with van der Waals surface area (Å²) >= 11 is 26.5. The van der Waals surface area contributed by atoms with Gasteiger partial charge in [0, 0.05) is 5.92 Å². The molecule has 2 bridgehead atoms. The summed E-state index contributed by atoms with van der Waals surface area (Å²) in [7, 11) is 1.38. The minimum atomic E-state index is -0.862. The van der Waals surface area contributed by atoms with E-state index in [1.807, 2.05) is 36.4 Å². The minimum absolute atomic E-state index is 0.0747. The molecule has 0 amide bonds. The normalized spacial score (nSPS) is 20.7. The van der Waals surface area contributed by atoms with Gasteiger partial charge < -0.3 is 4.74 Å². The fourth-order valence-electron chi connectivity index (χ4n) is 5.07. The minimum Gasteiger partial charge on any atom is -0.469 e. The van der Waals surface area contributed by atoms with Crippen LogP contribution in [-0.2, 0) is 14.9 Å². The Bertz CT molecular complexity index is 1150. The third-order valence-corrected chi connectivity index (χ3v) is 7.94. The summed E-state index contributed by atoms with van der Waals surface area (Å²) in [4.78, 5) is 12.7. The highest BCUT2D eigenvalue weighted by atomic mass is 35.5. The predicted octanol–water partition coefficient (Wildman–Crippen LogP) is 7.00. The SMILES string of the molecule is COC(=O)CC12c3ccccc3C(c3ccccc31)c1c(Cl)c(Cl)c(Cl)c(Cl)c12. The largest absolute Gasteiger partial charge is 0.469 e. The molecule has 29 heavy (non-hydrogen) atoms. The van der Waals surface area contributed by atoms with Crippen LogP contribution in [0.4, 0.5) is 0 Å². The van der Waals surface area contributed by atoms with Gasteiger partial charge in [-0.3, -0.25) is 4.79 Å². The maximum Gasteiger partial charge on any atom is 0.307 e. The van der Waals surface area contributed by atoms with Crippen LogP contribution in [0.15, 0.2) is 48.5 Å². The topological polar surface area (TPSA) is 26.3 Å². The molecule has 0 fully saturated rings. The molecule has 0 unspecified atom stereocenters. The third-order valence-electron chi connectivity index (χ3n) is 6.12. The number of ether oxygens (including phenoxy) is 1. The summed E-state index contributed by atoms with van der Waals surface area (Å²) in [6.45, 7) is 0. The average molecular weight is 464 g/mol. The van der Waals surface area contributed by atoms with E-state index in [9.17, 15) is 4.79 Å². The van der Waals surface area contributed by atoms with Crippen LogP contribution in [0.3, 0.4) is 0 Å². The van der Waals surface area contributed by atoms with Crippen molar-refractivity contribution in [3.63, 3.8) is 0 Å². The molecular weight excluding hydrogens is 450 g/mol. The second kappa shape index (κ2) is 6.65. The van der Waals surface area contributed by atoms with Crippen molar-refractivity contribution < 1.29 is 9.53 Å². The number of hydrogen-bond donors (Lipinski definition) is 0. The zero-order chi connectivity index (χ0) is 20.5.